The fourth-order valence-corrected chi connectivity index (χ4v) is 2.15. The van der Waals surface area contributed by atoms with Crippen LogP contribution in [0.5, 0.6) is 5.75 Å². The summed E-state index contributed by atoms with van der Waals surface area (Å²) in [7, 11) is 1.50. The number of hydrogen-bond acceptors (Lipinski definition) is 5. The minimum absolute atomic E-state index is 0.0362. The summed E-state index contributed by atoms with van der Waals surface area (Å²) in [6, 6.07) is 5.28. The highest BCUT2D eigenvalue weighted by Crippen LogP contribution is 2.30. The van der Waals surface area contributed by atoms with Gasteiger partial charge in [-0.2, -0.15) is 0 Å². The minimum Gasteiger partial charge on any atom is -0.496 e. The molecule has 0 amide bonds. The molecule has 1 saturated carbocycles. The van der Waals surface area contributed by atoms with Gasteiger partial charge < -0.3 is 9.84 Å². The van der Waals surface area contributed by atoms with E-state index in [1.807, 2.05) is 0 Å². The molecule has 104 valence electrons. The Morgan fingerprint density at radius 2 is 2.21 bits per heavy atom. The lowest BCUT2D eigenvalue weighted by Gasteiger charge is -2.20. The summed E-state index contributed by atoms with van der Waals surface area (Å²) in [6.07, 6.45) is 2.26. The third kappa shape index (κ3) is 3.65. The summed E-state index contributed by atoms with van der Waals surface area (Å²) in [4.78, 5) is 12.6. The molecule has 1 N–H and O–H groups in total. The summed E-state index contributed by atoms with van der Waals surface area (Å²) in [5.41, 5.74) is 0.875. The Bertz CT molecular complexity index is 460. The number of aliphatic hydroxyl groups excluding tert-OH is 1. The van der Waals surface area contributed by atoms with Crippen molar-refractivity contribution in [1.82, 2.24) is 4.90 Å². The van der Waals surface area contributed by atoms with Crippen molar-refractivity contribution in [3.8, 4) is 5.75 Å². The molecule has 0 atom stereocenters. The number of non-ortho nitro benzene ring substituents is 1. The van der Waals surface area contributed by atoms with Crippen molar-refractivity contribution in [2.75, 3.05) is 20.3 Å². The van der Waals surface area contributed by atoms with E-state index in [0.717, 1.165) is 18.4 Å². The normalized spacial score (nSPS) is 14.7. The van der Waals surface area contributed by atoms with Crippen LogP contribution >= 0.6 is 0 Å². The van der Waals surface area contributed by atoms with Crippen LogP contribution in [0.3, 0.4) is 0 Å². The lowest BCUT2D eigenvalue weighted by atomic mass is 10.1. The zero-order valence-corrected chi connectivity index (χ0v) is 10.9. The van der Waals surface area contributed by atoms with Gasteiger partial charge in [0.15, 0.2) is 0 Å². The summed E-state index contributed by atoms with van der Waals surface area (Å²) >= 11 is 0. The van der Waals surface area contributed by atoms with E-state index in [1.165, 1.54) is 13.2 Å². The quantitative estimate of drug-likeness (QED) is 0.598. The van der Waals surface area contributed by atoms with Crippen molar-refractivity contribution in [2.45, 2.75) is 25.4 Å². The van der Waals surface area contributed by atoms with Gasteiger partial charge in [-0.25, -0.2) is 0 Å². The van der Waals surface area contributed by atoms with E-state index < -0.39 is 4.92 Å². The first kappa shape index (κ1) is 13.8. The molecule has 1 fully saturated rings. The van der Waals surface area contributed by atoms with E-state index in [-0.39, 0.29) is 12.3 Å². The van der Waals surface area contributed by atoms with Crippen LogP contribution in [-0.2, 0) is 6.54 Å². The van der Waals surface area contributed by atoms with Gasteiger partial charge in [0.05, 0.1) is 24.7 Å². The van der Waals surface area contributed by atoms with Crippen LogP contribution in [0.1, 0.15) is 18.4 Å². The van der Waals surface area contributed by atoms with Crippen LogP contribution in [0.4, 0.5) is 5.69 Å². The first-order valence-corrected chi connectivity index (χ1v) is 6.31. The van der Waals surface area contributed by atoms with Gasteiger partial charge >= 0.3 is 0 Å². The highest BCUT2D eigenvalue weighted by atomic mass is 16.6. The van der Waals surface area contributed by atoms with Crippen molar-refractivity contribution < 1.29 is 14.8 Å². The van der Waals surface area contributed by atoms with Crippen LogP contribution in [0.15, 0.2) is 18.2 Å². The predicted molar refractivity (Wildman–Crippen MR) is 70.2 cm³/mol. The number of hydrogen-bond donors (Lipinski definition) is 1. The minimum atomic E-state index is -0.417. The van der Waals surface area contributed by atoms with Gasteiger partial charge in [0.1, 0.15) is 5.75 Å². The van der Waals surface area contributed by atoms with Crippen LogP contribution in [0, 0.1) is 10.1 Å². The third-order valence-corrected chi connectivity index (χ3v) is 3.23. The molecule has 0 bridgehead atoms. The van der Waals surface area contributed by atoms with Crippen LogP contribution in [-0.4, -0.2) is 41.2 Å². The standard InChI is InChI=1S/C13H18N2O4/c1-19-13-7-10(6-12(8-13)15(17)18)9-14(4-5-16)11-2-3-11/h6-8,11,16H,2-5,9H2,1H3. The Kier molecular flexibility index (Phi) is 4.34. The maximum Gasteiger partial charge on any atom is 0.273 e. The number of rotatable bonds is 7. The fraction of sp³-hybridized carbons (Fsp3) is 0.538. The molecule has 0 aliphatic heterocycles. The van der Waals surface area contributed by atoms with Crippen molar-refractivity contribution in [1.29, 1.82) is 0 Å². The SMILES string of the molecule is COc1cc(CN(CCO)C2CC2)cc([N+](=O)[O-])c1. The molecule has 1 aliphatic carbocycles. The second kappa shape index (κ2) is 5.99. The fourth-order valence-electron chi connectivity index (χ4n) is 2.15. The predicted octanol–water partition coefficient (Wildman–Crippen LogP) is 1.56. The number of benzene rings is 1. The van der Waals surface area contributed by atoms with Crippen LogP contribution in [0.25, 0.3) is 0 Å². The molecule has 1 aromatic carbocycles. The number of nitrogens with zero attached hydrogens (tertiary/aromatic N) is 2. The second-order valence-electron chi connectivity index (χ2n) is 4.72. The molecule has 0 spiro atoms. The number of nitro benzene ring substituents is 1. The van der Waals surface area contributed by atoms with Gasteiger partial charge in [0.25, 0.3) is 5.69 Å². The molecular formula is C13H18N2O4. The van der Waals surface area contributed by atoms with E-state index in [9.17, 15) is 10.1 Å². The monoisotopic (exact) mass is 266 g/mol. The lowest BCUT2D eigenvalue weighted by Crippen LogP contribution is -2.28. The summed E-state index contributed by atoms with van der Waals surface area (Å²) in [6.45, 7) is 1.29. The number of ether oxygens (including phenoxy) is 1. The maximum atomic E-state index is 10.9. The average molecular weight is 266 g/mol. The lowest BCUT2D eigenvalue weighted by molar-refractivity contribution is -0.385. The van der Waals surface area contributed by atoms with Crippen LogP contribution < -0.4 is 4.74 Å². The molecule has 6 nitrogen and oxygen atoms in total. The first-order valence-electron chi connectivity index (χ1n) is 6.31. The Morgan fingerprint density at radius 3 is 2.74 bits per heavy atom. The van der Waals surface area contributed by atoms with Crippen molar-refractivity contribution in [3.63, 3.8) is 0 Å². The molecule has 0 heterocycles. The Morgan fingerprint density at radius 1 is 1.47 bits per heavy atom. The average Bonchev–Trinajstić information content (AvgIpc) is 3.22. The topological polar surface area (TPSA) is 75.8 Å². The second-order valence-corrected chi connectivity index (χ2v) is 4.72. The molecule has 1 aromatic rings. The van der Waals surface area contributed by atoms with Gasteiger partial charge in [-0.15, -0.1) is 0 Å². The summed E-state index contributed by atoms with van der Waals surface area (Å²) in [5.74, 6) is 0.490. The number of nitro groups is 1. The van der Waals surface area contributed by atoms with Crippen molar-refractivity contribution in [3.05, 3.63) is 33.9 Å². The molecule has 6 heteroatoms. The van der Waals surface area contributed by atoms with Gasteiger partial charge in [0, 0.05) is 25.2 Å². The molecule has 0 radical (unpaired) electrons. The maximum absolute atomic E-state index is 10.9. The van der Waals surface area contributed by atoms with Gasteiger partial charge in [-0.3, -0.25) is 15.0 Å². The van der Waals surface area contributed by atoms with E-state index in [0.29, 0.717) is 24.9 Å². The highest BCUT2D eigenvalue weighted by Gasteiger charge is 2.28. The van der Waals surface area contributed by atoms with E-state index >= 15 is 0 Å². The van der Waals surface area contributed by atoms with Gasteiger partial charge in [-0.05, 0) is 24.5 Å². The zero-order chi connectivity index (χ0) is 13.8. The van der Waals surface area contributed by atoms with E-state index in [4.69, 9.17) is 9.84 Å². The Labute approximate surface area is 111 Å². The van der Waals surface area contributed by atoms with Gasteiger partial charge in [-0.1, -0.05) is 0 Å². The molecule has 0 aromatic heterocycles. The largest absolute Gasteiger partial charge is 0.496 e. The highest BCUT2D eigenvalue weighted by molar-refractivity contribution is 5.42. The molecule has 0 unspecified atom stereocenters. The Balaban J connectivity index is 2.17. The number of aliphatic hydroxyl groups is 1. The summed E-state index contributed by atoms with van der Waals surface area (Å²) in [5, 5.41) is 19.9. The third-order valence-electron chi connectivity index (χ3n) is 3.23. The molecule has 0 saturated heterocycles. The van der Waals surface area contributed by atoms with Gasteiger partial charge in [0.2, 0.25) is 0 Å². The van der Waals surface area contributed by atoms with Crippen molar-refractivity contribution in [2.24, 2.45) is 0 Å². The zero-order valence-electron chi connectivity index (χ0n) is 10.9. The van der Waals surface area contributed by atoms with Crippen LogP contribution in [0.2, 0.25) is 0 Å². The Hall–Kier alpha value is -1.66. The summed E-state index contributed by atoms with van der Waals surface area (Å²) < 4.78 is 5.09. The smallest absolute Gasteiger partial charge is 0.273 e. The molecule has 2 rings (SSSR count). The van der Waals surface area contributed by atoms with E-state index in [2.05, 4.69) is 4.90 Å². The number of methoxy groups -OCH3 is 1. The molecular weight excluding hydrogens is 248 g/mol. The van der Waals surface area contributed by atoms with Crippen molar-refractivity contribution >= 4 is 5.69 Å². The molecule has 1 aliphatic rings. The van der Waals surface area contributed by atoms with E-state index in [1.54, 1.807) is 12.1 Å². The first-order chi connectivity index (χ1) is 9.13. The molecule has 19 heavy (non-hydrogen) atoms.